The van der Waals surface area contributed by atoms with Gasteiger partial charge >= 0.3 is 12.2 Å². The number of fused-ring (bicyclic) bond motifs is 1. The summed E-state index contributed by atoms with van der Waals surface area (Å²) >= 11 is 0. The number of alkyl halides is 3. The molecule has 12 heteroatoms. The highest BCUT2D eigenvalue weighted by Gasteiger charge is 2.29. The second-order valence-corrected chi connectivity index (χ2v) is 9.47. The molecule has 0 atom stereocenters. The Morgan fingerprint density at radius 1 is 0.897 bits per heavy atom. The van der Waals surface area contributed by atoms with Crippen LogP contribution in [-0.2, 0) is 13.0 Å². The van der Waals surface area contributed by atoms with Crippen LogP contribution >= 0.6 is 0 Å². The van der Waals surface area contributed by atoms with E-state index in [0.29, 0.717) is 31.8 Å². The van der Waals surface area contributed by atoms with Crippen molar-refractivity contribution in [3.63, 3.8) is 0 Å². The summed E-state index contributed by atoms with van der Waals surface area (Å²) in [5.41, 5.74) is 2.29. The number of nitrogens with one attached hydrogen (secondary N) is 1. The summed E-state index contributed by atoms with van der Waals surface area (Å²) in [5.74, 6) is 1.06. The Morgan fingerprint density at radius 3 is 2.33 bits per heavy atom. The van der Waals surface area contributed by atoms with Crippen LogP contribution in [0.4, 0.5) is 19.1 Å². The summed E-state index contributed by atoms with van der Waals surface area (Å²) in [6.45, 7) is 3.25. The van der Waals surface area contributed by atoms with E-state index in [9.17, 15) is 18.0 Å². The van der Waals surface area contributed by atoms with E-state index in [1.54, 1.807) is 24.3 Å². The third-order valence-electron chi connectivity index (χ3n) is 6.51. The molecule has 1 N–H and O–H groups in total. The SMILES string of the molecule is O=C1c2ccc(cc2)Cc2nc(nc(OCC(F)(F)F)n2)NCc2ccc(cc2)OCCCN2CCN1CC2. The van der Waals surface area contributed by atoms with E-state index in [0.717, 1.165) is 42.9 Å². The summed E-state index contributed by atoms with van der Waals surface area (Å²) in [6.07, 6.45) is -3.43. The zero-order valence-corrected chi connectivity index (χ0v) is 21.3. The molecular weight excluding hydrogens is 513 g/mol. The highest BCUT2D eigenvalue weighted by Crippen LogP contribution is 2.19. The Balaban J connectivity index is 1.39. The van der Waals surface area contributed by atoms with Crippen molar-refractivity contribution in [2.24, 2.45) is 0 Å². The van der Waals surface area contributed by atoms with Crippen LogP contribution in [0.2, 0.25) is 0 Å². The van der Waals surface area contributed by atoms with Crippen LogP contribution in [0.25, 0.3) is 0 Å². The number of aromatic nitrogens is 3. The molecule has 3 aromatic rings. The molecule has 9 rings (SSSR count). The molecule has 1 fully saturated rings. The fraction of sp³-hybridized carbons (Fsp3) is 0.407. The van der Waals surface area contributed by atoms with Gasteiger partial charge in [-0.05, 0) is 41.8 Å². The van der Waals surface area contributed by atoms with Crippen molar-refractivity contribution in [2.45, 2.75) is 25.6 Å². The maximum absolute atomic E-state index is 13.0. The monoisotopic (exact) mass is 542 g/mol. The lowest BCUT2D eigenvalue weighted by Crippen LogP contribution is -2.49. The quantitative estimate of drug-likeness (QED) is 0.526. The molecule has 6 aliphatic rings. The highest BCUT2D eigenvalue weighted by atomic mass is 19.4. The molecule has 0 aliphatic carbocycles. The predicted octanol–water partition coefficient (Wildman–Crippen LogP) is 3.56. The van der Waals surface area contributed by atoms with Gasteiger partial charge in [0.15, 0.2) is 6.61 Å². The number of benzene rings is 2. The summed E-state index contributed by atoms with van der Waals surface area (Å²) in [4.78, 5) is 29.7. The lowest BCUT2D eigenvalue weighted by atomic mass is 10.1. The number of rotatable bonds is 2. The van der Waals surface area contributed by atoms with Crippen LogP contribution in [0.5, 0.6) is 11.8 Å². The van der Waals surface area contributed by atoms with Crippen molar-refractivity contribution in [1.29, 1.82) is 0 Å². The number of nitrogens with zero attached hydrogens (tertiary/aromatic N) is 5. The van der Waals surface area contributed by atoms with Gasteiger partial charge in [-0.25, -0.2) is 0 Å². The van der Waals surface area contributed by atoms with Gasteiger partial charge in [-0.15, -0.1) is 0 Å². The molecule has 0 radical (unpaired) electrons. The van der Waals surface area contributed by atoms with Gasteiger partial charge in [0.25, 0.3) is 5.91 Å². The van der Waals surface area contributed by atoms with Crippen molar-refractivity contribution in [1.82, 2.24) is 24.8 Å². The van der Waals surface area contributed by atoms with Gasteiger partial charge in [0.2, 0.25) is 5.95 Å². The van der Waals surface area contributed by atoms with Crippen LogP contribution in [0.15, 0.2) is 48.5 Å². The molecule has 206 valence electrons. The molecule has 0 unspecified atom stereocenters. The summed E-state index contributed by atoms with van der Waals surface area (Å²) in [6, 6.07) is 14.2. The molecule has 1 saturated heterocycles. The minimum absolute atomic E-state index is 0.0272. The molecule has 7 heterocycles. The Kier molecular flexibility index (Phi) is 8.10. The maximum Gasteiger partial charge on any atom is 0.422 e. The number of piperazine rings is 1. The summed E-state index contributed by atoms with van der Waals surface area (Å²) < 4.78 is 49.0. The average Bonchev–Trinajstić information content (AvgIpc) is 2.93. The minimum atomic E-state index is -4.53. The van der Waals surface area contributed by atoms with Gasteiger partial charge in [-0.3, -0.25) is 9.69 Å². The van der Waals surface area contributed by atoms with Crippen LogP contribution in [0, 0.1) is 0 Å². The van der Waals surface area contributed by atoms with E-state index >= 15 is 0 Å². The zero-order valence-electron chi connectivity index (χ0n) is 21.3. The Bertz CT molecular complexity index is 1260. The summed E-state index contributed by atoms with van der Waals surface area (Å²) in [7, 11) is 0. The third-order valence-corrected chi connectivity index (χ3v) is 6.51. The number of carbonyl (C=O) groups excluding carboxylic acids is 1. The Morgan fingerprint density at radius 2 is 1.62 bits per heavy atom. The number of ether oxygens (including phenoxy) is 2. The number of carbonyl (C=O) groups is 1. The van der Waals surface area contributed by atoms with Crippen molar-refractivity contribution >= 4 is 11.9 Å². The van der Waals surface area contributed by atoms with Crippen molar-refractivity contribution in [2.75, 3.05) is 51.3 Å². The number of halogens is 3. The molecule has 0 saturated carbocycles. The molecule has 0 spiro atoms. The average molecular weight is 543 g/mol. The van der Waals surface area contributed by atoms with Crippen LogP contribution in [0.1, 0.15) is 33.7 Å². The van der Waals surface area contributed by atoms with Crippen LogP contribution in [0.3, 0.4) is 0 Å². The molecule has 39 heavy (non-hydrogen) atoms. The highest BCUT2D eigenvalue weighted by molar-refractivity contribution is 5.94. The van der Waals surface area contributed by atoms with Crippen molar-refractivity contribution < 1.29 is 27.4 Å². The first-order chi connectivity index (χ1) is 18.8. The molecule has 9 nitrogen and oxygen atoms in total. The first-order valence-corrected chi connectivity index (χ1v) is 12.8. The van der Waals surface area contributed by atoms with Gasteiger partial charge in [0.05, 0.1) is 6.61 Å². The first-order valence-electron chi connectivity index (χ1n) is 12.8. The van der Waals surface area contributed by atoms with E-state index in [1.165, 1.54) is 0 Å². The van der Waals surface area contributed by atoms with E-state index in [4.69, 9.17) is 9.47 Å². The zero-order chi connectivity index (χ0) is 27.2. The number of amides is 1. The molecule has 1 amide bonds. The molecule has 2 aromatic carbocycles. The number of hydrogen-bond acceptors (Lipinski definition) is 8. The van der Waals surface area contributed by atoms with Crippen molar-refractivity contribution in [3.05, 3.63) is 71.0 Å². The van der Waals surface area contributed by atoms with Crippen LogP contribution < -0.4 is 14.8 Å². The second kappa shape index (κ2) is 11.9. The Hall–Kier alpha value is -3.93. The molecular formula is C27H29F3N6O3. The largest absolute Gasteiger partial charge is 0.494 e. The molecule has 8 bridgehead atoms. The normalized spacial score (nSPS) is 17.1. The third kappa shape index (κ3) is 7.56. The molecule has 6 aliphatic heterocycles. The van der Waals surface area contributed by atoms with Crippen molar-refractivity contribution in [3.8, 4) is 11.8 Å². The van der Waals surface area contributed by atoms with Gasteiger partial charge in [0.1, 0.15) is 11.6 Å². The standard InChI is InChI=1S/C27H29F3N6O3/c28-27(29,30)18-39-26-33-23-16-19-2-6-21(7-3-19)24(37)36-13-11-35(12-14-36)10-1-15-38-22-8-4-20(5-9-22)17-31-25(32-23)34-26/h2-9H,1,10-18H2,(H,31,32,33,34). The lowest BCUT2D eigenvalue weighted by Gasteiger charge is -2.34. The van der Waals surface area contributed by atoms with E-state index in [-0.39, 0.29) is 24.1 Å². The van der Waals surface area contributed by atoms with Gasteiger partial charge in [-0.1, -0.05) is 24.3 Å². The smallest absolute Gasteiger partial charge is 0.422 e. The number of anilines is 1. The van der Waals surface area contributed by atoms with Gasteiger partial charge in [-0.2, -0.15) is 28.1 Å². The minimum Gasteiger partial charge on any atom is -0.494 e. The number of hydrogen-bond donors (Lipinski definition) is 1. The topological polar surface area (TPSA) is 92.7 Å². The second-order valence-electron chi connectivity index (χ2n) is 9.47. The van der Waals surface area contributed by atoms with E-state index in [2.05, 4.69) is 25.2 Å². The predicted molar refractivity (Wildman–Crippen MR) is 137 cm³/mol. The molecule has 1 aromatic heterocycles. The first kappa shape index (κ1) is 26.7. The lowest BCUT2D eigenvalue weighted by molar-refractivity contribution is -0.154. The Labute approximate surface area is 224 Å². The van der Waals surface area contributed by atoms with E-state index in [1.807, 2.05) is 29.2 Å². The van der Waals surface area contributed by atoms with Crippen LogP contribution in [-0.4, -0.2) is 82.8 Å². The maximum atomic E-state index is 13.0. The fourth-order valence-electron chi connectivity index (χ4n) is 4.44. The van der Waals surface area contributed by atoms with Gasteiger partial charge < -0.3 is 19.7 Å². The summed E-state index contributed by atoms with van der Waals surface area (Å²) in [5, 5.41) is 3.04. The van der Waals surface area contributed by atoms with E-state index < -0.39 is 18.8 Å². The fourth-order valence-corrected chi connectivity index (χ4v) is 4.44. The van der Waals surface area contributed by atoms with Gasteiger partial charge in [0, 0.05) is 51.3 Å².